The van der Waals surface area contributed by atoms with E-state index in [1.807, 2.05) is 0 Å². The van der Waals surface area contributed by atoms with Gasteiger partial charge in [-0.05, 0) is 12.8 Å². The molecule has 0 bridgehead atoms. The minimum Gasteiger partial charge on any atom is -0.396 e. The first kappa shape index (κ1) is 11.8. The van der Waals surface area contributed by atoms with Gasteiger partial charge in [-0.3, -0.25) is 0 Å². The van der Waals surface area contributed by atoms with E-state index in [0.29, 0.717) is 23.6 Å². The summed E-state index contributed by atoms with van der Waals surface area (Å²) >= 11 is 0. The summed E-state index contributed by atoms with van der Waals surface area (Å²) in [6.07, 6.45) is 5.57. The Balaban J connectivity index is 2.57. The largest absolute Gasteiger partial charge is 0.396 e. The van der Waals surface area contributed by atoms with E-state index >= 15 is 0 Å². The number of anilines is 2. The molecule has 0 fully saturated rings. The number of hydrogen-bond acceptors (Lipinski definition) is 4. The summed E-state index contributed by atoms with van der Waals surface area (Å²) in [7, 11) is 0. The Labute approximate surface area is 91.3 Å². The molecule has 0 saturated heterocycles. The van der Waals surface area contributed by atoms with Crippen LogP contribution < -0.4 is 11.1 Å². The van der Waals surface area contributed by atoms with E-state index in [4.69, 9.17) is 5.73 Å². The fourth-order valence-corrected chi connectivity index (χ4v) is 1.73. The number of nitrogens with zero attached hydrogens (tertiary/aromatic N) is 2. The van der Waals surface area contributed by atoms with Gasteiger partial charge in [-0.2, -0.15) is 0 Å². The number of nitrogens with two attached hydrogens (primary N) is 1. The van der Waals surface area contributed by atoms with Crippen LogP contribution in [0.3, 0.4) is 0 Å². The van der Waals surface area contributed by atoms with Gasteiger partial charge in [0.2, 0.25) is 5.95 Å². The molecular formula is C11H20N4. The summed E-state index contributed by atoms with van der Waals surface area (Å²) in [5.41, 5.74) is 6.11. The summed E-state index contributed by atoms with van der Waals surface area (Å²) in [5, 5.41) is 3.29. The van der Waals surface area contributed by atoms with Gasteiger partial charge in [-0.15, -0.1) is 0 Å². The maximum atomic E-state index is 5.52. The second-order valence-corrected chi connectivity index (χ2v) is 3.85. The van der Waals surface area contributed by atoms with Gasteiger partial charge in [0, 0.05) is 6.04 Å². The first-order valence-electron chi connectivity index (χ1n) is 5.51. The van der Waals surface area contributed by atoms with Gasteiger partial charge in [-0.1, -0.05) is 26.7 Å². The summed E-state index contributed by atoms with van der Waals surface area (Å²) in [5.74, 6) is 1.31. The fourth-order valence-electron chi connectivity index (χ4n) is 1.73. The van der Waals surface area contributed by atoms with Gasteiger partial charge < -0.3 is 11.1 Å². The molecule has 0 radical (unpaired) electrons. The van der Waals surface area contributed by atoms with E-state index < -0.39 is 0 Å². The second-order valence-electron chi connectivity index (χ2n) is 3.85. The van der Waals surface area contributed by atoms with E-state index in [9.17, 15) is 0 Å². The van der Waals surface area contributed by atoms with E-state index in [1.165, 1.54) is 12.8 Å². The van der Waals surface area contributed by atoms with Crippen molar-refractivity contribution in [2.24, 2.45) is 5.92 Å². The summed E-state index contributed by atoms with van der Waals surface area (Å²) < 4.78 is 0. The van der Waals surface area contributed by atoms with Gasteiger partial charge in [-0.25, -0.2) is 9.97 Å². The van der Waals surface area contributed by atoms with Crippen LogP contribution in [0.1, 0.15) is 33.6 Å². The highest BCUT2D eigenvalue weighted by Crippen LogP contribution is 2.15. The third-order valence-corrected chi connectivity index (χ3v) is 2.78. The highest BCUT2D eigenvalue weighted by Gasteiger charge is 2.13. The lowest BCUT2D eigenvalue weighted by Gasteiger charge is -2.22. The van der Waals surface area contributed by atoms with Crippen LogP contribution in [0.4, 0.5) is 11.6 Å². The minimum atomic E-state index is 0.392. The van der Waals surface area contributed by atoms with Crippen LogP contribution in [-0.2, 0) is 0 Å². The standard InChI is InChI=1S/C11H20N4/c1-4-9(5-2)8(3)15-11-13-6-10(12)7-14-11/h6-9H,4-5,12H2,1-3H3,(H,13,14,15). The maximum absolute atomic E-state index is 5.52. The van der Waals surface area contributed by atoms with Crippen molar-refractivity contribution in [1.82, 2.24) is 9.97 Å². The third kappa shape index (κ3) is 3.38. The zero-order valence-corrected chi connectivity index (χ0v) is 9.70. The Hall–Kier alpha value is -1.32. The van der Waals surface area contributed by atoms with Crippen molar-refractivity contribution in [2.45, 2.75) is 39.7 Å². The molecule has 1 unspecified atom stereocenters. The SMILES string of the molecule is CCC(CC)C(C)Nc1ncc(N)cn1. The van der Waals surface area contributed by atoms with Crippen LogP contribution in [0, 0.1) is 5.92 Å². The van der Waals surface area contributed by atoms with E-state index in [1.54, 1.807) is 12.4 Å². The van der Waals surface area contributed by atoms with Crippen LogP contribution in [0.15, 0.2) is 12.4 Å². The quantitative estimate of drug-likeness (QED) is 0.779. The monoisotopic (exact) mass is 208 g/mol. The molecule has 1 atom stereocenters. The molecule has 4 nitrogen and oxygen atoms in total. The van der Waals surface area contributed by atoms with Crippen molar-refractivity contribution in [1.29, 1.82) is 0 Å². The van der Waals surface area contributed by atoms with Crippen molar-refractivity contribution in [3.63, 3.8) is 0 Å². The van der Waals surface area contributed by atoms with Gasteiger partial charge in [0.05, 0.1) is 18.1 Å². The summed E-state index contributed by atoms with van der Waals surface area (Å²) in [6.45, 7) is 6.57. The van der Waals surface area contributed by atoms with Crippen LogP contribution in [-0.4, -0.2) is 16.0 Å². The lowest BCUT2D eigenvalue weighted by Crippen LogP contribution is -2.26. The molecule has 0 saturated carbocycles. The molecule has 4 heteroatoms. The van der Waals surface area contributed by atoms with Crippen molar-refractivity contribution < 1.29 is 0 Å². The lowest BCUT2D eigenvalue weighted by molar-refractivity contribution is 0.436. The predicted octanol–water partition coefficient (Wildman–Crippen LogP) is 2.30. The topological polar surface area (TPSA) is 63.8 Å². The molecule has 1 aromatic heterocycles. The molecule has 0 aliphatic carbocycles. The van der Waals surface area contributed by atoms with Gasteiger partial charge >= 0.3 is 0 Å². The Kier molecular flexibility index (Phi) is 4.34. The number of rotatable bonds is 5. The molecule has 0 aliphatic rings. The Morgan fingerprint density at radius 1 is 1.27 bits per heavy atom. The second kappa shape index (κ2) is 5.53. The molecule has 84 valence electrons. The number of aromatic nitrogens is 2. The Bertz CT molecular complexity index is 279. The van der Waals surface area contributed by atoms with Crippen molar-refractivity contribution in [3.05, 3.63) is 12.4 Å². The molecule has 1 aromatic rings. The Morgan fingerprint density at radius 2 is 1.80 bits per heavy atom. The first-order valence-corrected chi connectivity index (χ1v) is 5.51. The average molecular weight is 208 g/mol. The highest BCUT2D eigenvalue weighted by atomic mass is 15.1. The number of nitrogen functional groups attached to an aromatic ring is 1. The molecule has 1 rings (SSSR count). The molecule has 0 spiro atoms. The predicted molar refractivity (Wildman–Crippen MR) is 63.6 cm³/mol. The Morgan fingerprint density at radius 3 is 2.27 bits per heavy atom. The molecule has 1 heterocycles. The van der Waals surface area contributed by atoms with E-state index in [2.05, 4.69) is 36.1 Å². The van der Waals surface area contributed by atoms with Crippen LogP contribution in [0.2, 0.25) is 0 Å². The average Bonchev–Trinajstić information content (AvgIpc) is 2.23. The van der Waals surface area contributed by atoms with Crippen molar-refractivity contribution in [3.8, 4) is 0 Å². The van der Waals surface area contributed by atoms with Gasteiger partial charge in [0.25, 0.3) is 0 Å². The molecular weight excluding hydrogens is 188 g/mol. The first-order chi connectivity index (χ1) is 7.17. The van der Waals surface area contributed by atoms with Crippen LogP contribution in [0.25, 0.3) is 0 Å². The molecule has 15 heavy (non-hydrogen) atoms. The van der Waals surface area contributed by atoms with E-state index in [0.717, 1.165) is 0 Å². The van der Waals surface area contributed by atoms with Crippen molar-refractivity contribution >= 4 is 11.6 Å². The van der Waals surface area contributed by atoms with Crippen LogP contribution >= 0.6 is 0 Å². The third-order valence-electron chi connectivity index (χ3n) is 2.78. The molecule has 3 N–H and O–H groups in total. The van der Waals surface area contributed by atoms with Crippen molar-refractivity contribution in [2.75, 3.05) is 11.1 Å². The maximum Gasteiger partial charge on any atom is 0.222 e. The fraction of sp³-hybridized carbons (Fsp3) is 0.636. The minimum absolute atomic E-state index is 0.392. The zero-order valence-electron chi connectivity index (χ0n) is 9.70. The van der Waals surface area contributed by atoms with E-state index in [-0.39, 0.29) is 0 Å². The molecule has 0 amide bonds. The molecule has 0 aromatic carbocycles. The van der Waals surface area contributed by atoms with Gasteiger partial charge in [0.1, 0.15) is 0 Å². The summed E-state index contributed by atoms with van der Waals surface area (Å²) in [4.78, 5) is 8.24. The zero-order chi connectivity index (χ0) is 11.3. The number of hydrogen-bond donors (Lipinski definition) is 2. The van der Waals surface area contributed by atoms with Gasteiger partial charge in [0.15, 0.2) is 0 Å². The summed E-state index contributed by atoms with van der Waals surface area (Å²) in [6, 6.07) is 0.392. The number of nitrogens with one attached hydrogen (secondary N) is 1. The molecule has 0 aliphatic heterocycles. The van der Waals surface area contributed by atoms with Crippen LogP contribution in [0.5, 0.6) is 0 Å². The highest BCUT2D eigenvalue weighted by molar-refractivity contribution is 5.36. The lowest BCUT2D eigenvalue weighted by atomic mass is 9.96. The normalized spacial score (nSPS) is 12.8. The smallest absolute Gasteiger partial charge is 0.222 e.